The summed E-state index contributed by atoms with van der Waals surface area (Å²) in [6.45, 7) is 1.50. The van der Waals surface area contributed by atoms with Gasteiger partial charge in [-0.15, -0.1) is 0 Å². The number of hydrogen-bond acceptors (Lipinski definition) is 6. The molecule has 26 heavy (non-hydrogen) atoms. The molecule has 0 aliphatic heterocycles. The summed E-state index contributed by atoms with van der Waals surface area (Å²) in [5.41, 5.74) is 0.570. The summed E-state index contributed by atoms with van der Waals surface area (Å²) in [6.07, 6.45) is 0.185. The molecule has 1 unspecified atom stereocenters. The second kappa shape index (κ2) is 7.00. The number of carbonyl (C=O) groups is 1. The number of nitrogens with one attached hydrogen (secondary N) is 1. The first-order chi connectivity index (χ1) is 12.2. The molecule has 0 bridgehead atoms. The zero-order chi connectivity index (χ0) is 18.9. The van der Waals surface area contributed by atoms with Crippen LogP contribution in [0.2, 0.25) is 0 Å². The molecule has 0 radical (unpaired) electrons. The van der Waals surface area contributed by atoms with Crippen LogP contribution in [0.25, 0.3) is 10.2 Å². The summed E-state index contributed by atoms with van der Waals surface area (Å²) >= 11 is 1.15. The van der Waals surface area contributed by atoms with Crippen LogP contribution >= 0.6 is 11.3 Å². The second-order valence-corrected chi connectivity index (χ2v) is 8.65. The topological polar surface area (TPSA) is 85.4 Å². The Morgan fingerprint density at radius 2 is 2.00 bits per heavy atom. The molecule has 0 spiro atoms. The minimum absolute atomic E-state index is 0.0164. The standard InChI is InChI=1S/C17H15FN2O4S2/c1-10(24-14-6-4-3-5-12(14)18)16(21)20-17-19-13-8-7-11(26(2,22)23)9-15(13)25-17/h3-10H,1-2H3,(H,19,20,21). The van der Waals surface area contributed by atoms with Crippen LogP contribution in [0.5, 0.6) is 5.75 Å². The van der Waals surface area contributed by atoms with E-state index < -0.39 is 27.7 Å². The van der Waals surface area contributed by atoms with Crippen molar-refractivity contribution in [3.05, 3.63) is 48.3 Å². The SMILES string of the molecule is CC(Oc1ccccc1F)C(=O)Nc1nc2ccc(S(C)(=O)=O)cc2s1. The Morgan fingerprint density at radius 1 is 1.27 bits per heavy atom. The van der Waals surface area contributed by atoms with E-state index in [4.69, 9.17) is 4.74 Å². The number of amides is 1. The van der Waals surface area contributed by atoms with Gasteiger partial charge in [0.25, 0.3) is 5.91 Å². The van der Waals surface area contributed by atoms with E-state index in [2.05, 4.69) is 10.3 Å². The quantitative estimate of drug-likeness (QED) is 0.718. The Balaban J connectivity index is 1.75. The van der Waals surface area contributed by atoms with Crippen molar-refractivity contribution in [1.29, 1.82) is 0 Å². The number of carbonyl (C=O) groups excluding carboxylic acids is 1. The molecule has 1 aromatic heterocycles. The van der Waals surface area contributed by atoms with Crippen molar-refractivity contribution in [1.82, 2.24) is 4.98 Å². The number of benzene rings is 2. The van der Waals surface area contributed by atoms with E-state index in [9.17, 15) is 17.6 Å². The van der Waals surface area contributed by atoms with Gasteiger partial charge in [0.2, 0.25) is 0 Å². The molecule has 0 fully saturated rings. The van der Waals surface area contributed by atoms with Crippen molar-refractivity contribution < 1.29 is 22.3 Å². The van der Waals surface area contributed by atoms with E-state index in [-0.39, 0.29) is 10.6 Å². The smallest absolute Gasteiger partial charge is 0.266 e. The number of anilines is 1. The molecular formula is C17H15FN2O4S2. The zero-order valence-electron chi connectivity index (χ0n) is 13.9. The van der Waals surface area contributed by atoms with Gasteiger partial charge in [0.1, 0.15) is 0 Å². The summed E-state index contributed by atoms with van der Waals surface area (Å²) in [7, 11) is -3.32. The van der Waals surface area contributed by atoms with Crippen molar-refractivity contribution in [2.24, 2.45) is 0 Å². The Labute approximate surface area is 153 Å². The van der Waals surface area contributed by atoms with E-state index in [1.54, 1.807) is 12.1 Å². The molecule has 6 nitrogen and oxygen atoms in total. The first-order valence-corrected chi connectivity index (χ1v) is 10.3. The summed E-state index contributed by atoms with van der Waals surface area (Å²) in [6, 6.07) is 10.4. The summed E-state index contributed by atoms with van der Waals surface area (Å²) < 4.78 is 42.8. The average molecular weight is 394 g/mol. The minimum atomic E-state index is -3.32. The normalized spacial score (nSPS) is 12.7. The lowest BCUT2D eigenvalue weighted by Crippen LogP contribution is -2.30. The van der Waals surface area contributed by atoms with Crippen molar-refractivity contribution in [3.8, 4) is 5.75 Å². The molecule has 0 saturated carbocycles. The van der Waals surface area contributed by atoms with Gasteiger partial charge >= 0.3 is 0 Å². The molecule has 9 heteroatoms. The lowest BCUT2D eigenvalue weighted by Gasteiger charge is -2.13. The van der Waals surface area contributed by atoms with Gasteiger partial charge in [-0.05, 0) is 37.3 Å². The van der Waals surface area contributed by atoms with Crippen LogP contribution in [-0.2, 0) is 14.6 Å². The lowest BCUT2D eigenvalue weighted by molar-refractivity contribution is -0.122. The average Bonchev–Trinajstić information content (AvgIpc) is 2.97. The molecule has 0 aliphatic rings. The first-order valence-electron chi connectivity index (χ1n) is 7.57. The maximum atomic E-state index is 13.6. The Hall–Kier alpha value is -2.52. The number of ether oxygens (including phenoxy) is 1. The maximum absolute atomic E-state index is 13.6. The summed E-state index contributed by atoms with van der Waals surface area (Å²) in [5, 5.41) is 2.91. The molecule has 136 valence electrons. The van der Waals surface area contributed by atoms with E-state index in [0.29, 0.717) is 15.3 Å². The van der Waals surface area contributed by atoms with Gasteiger partial charge in [-0.25, -0.2) is 17.8 Å². The number of aromatic nitrogens is 1. The van der Waals surface area contributed by atoms with Crippen LogP contribution in [0.1, 0.15) is 6.92 Å². The van der Waals surface area contributed by atoms with Gasteiger partial charge in [0.15, 0.2) is 32.6 Å². The molecule has 1 amide bonds. The van der Waals surface area contributed by atoms with Crippen LogP contribution in [0.15, 0.2) is 47.4 Å². The van der Waals surface area contributed by atoms with Gasteiger partial charge in [0, 0.05) is 6.26 Å². The molecule has 0 saturated heterocycles. The second-order valence-electron chi connectivity index (χ2n) is 5.60. The number of rotatable bonds is 5. The highest BCUT2D eigenvalue weighted by Gasteiger charge is 2.18. The fraction of sp³-hybridized carbons (Fsp3) is 0.176. The number of thiazole rings is 1. The summed E-state index contributed by atoms with van der Waals surface area (Å²) in [5.74, 6) is -1.06. The van der Waals surface area contributed by atoms with Crippen molar-refractivity contribution in [2.45, 2.75) is 17.9 Å². The highest BCUT2D eigenvalue weighted by Crippen LogP contribution is 2.28. The largest absolute Gasteiger partial charge is 0.478 e. The predicted octanol–water partition coefficient (Wildman–Crippen LogP) is 3.24. The monoisotopic (exact) mass is 394 g/mol. The highest BCUT2D eigenvalue weighted by molar-refractivity contribution is 7.90. The number of sulfone groups is 1. The molecular weight excluding hydrogens is 379 g/mol. The molecule has 1 heterocycles. The molecule has 2 aromatic carbocycles. The van der Waals surface area contributed by atoms with Gasteiger partial charge in [-0.3, -0.25) is 10.1 Å². The third kappa shape index (κ3) is 4.00. The Morgan fingerprint density at radius 3 is 2.69 bits per heavy atom. The van der Waals surface area contributed by atoms with Gasteiger partial charge in [0.05, 0.1) is 15.1 Å². The number of halogens is 1. The van der Waals surface area contributed by atoms with E-state index in [1.807, 2.05) is 0 Å². The summed E-state index contributed by atoms with van der Waals surface area (Å²) in [4.78, 5) is 16.7. The van der Waals surface area contributed by atoms with Crippen molar-refractivity contribution in [3.63, 3.8) is 0 Å². The van der Waals surface area contributed by atoms with E-state index in [1.165, 1.54) is 37.3 Å². The molecule has 0 aliphatic carbocycles. The zero-order valence-corrected chi connectivity index (χ0v) is 15.5. The van der Waals surface area contributed by atoms with Crippen LogP contribution in [0, 0.1) is 5.82 Å². The molecule has 1 atom stereocenters. The molecule has 1 N–H and O–H groups in total. The van der Waals surface area contributed by atoms with Crippen LogP contribution in [0.4, 0.5) is 9.52 Å². The third-order valence-corrected chi connectivity index (χ3v) is 5.57. The van der Waals surface area contributed by atoms with Crippen LogP contribution in [0.3, 0.4) is 0 Å². The first kappa shape index (κ1) is 18.3. The number of para-hydroxylation sites is 1. The lowest BCUT2D eigenvalue weighted by atomic mass is 10.3. The Bertz CT molecular complexity index is 1080. The third-order valence-electron chi connectivity index (χ3n) is 3.53. The molecule has 3 aromatic rings. The number of fused-ring (bicyclic) bond motifs is 1. The highest BCUT2D eigenvalue weighted by atomic mass is 32.2. The maximum Gasteiger partial charge on any atom is 0.266 e. The van der Waals surface area contributed by atoms with Crippen molar-refractivity contribution in [2.75, 3.05) is 11.6 Å². The Kier molecular flexibility index (Phi) is 4.92. The fourth-order valence-electron chi connectivity index (χ4n) is 2.18. The van der Waals surface area contributed by atoms with Crippen LogP contribution < -0.4 is 10.1 Å². The predicted molar refractivity (Wildman–Crippen MR) is 97.8 cm³/mol. The number of nitrogens with zero attached hydrogens (tertiary/aromatic N) is 1. The number of hydrogen-bond donors (Lipinski definition) is 1. The van der Waals surface area contributed by atoms with Crippen molar-refractivity contribution >= 4 is 42.4 Å². The van der Waals surface area contributed by atoms with Crippen LogP contribution in [-0.4, -0.2) is 31.7 Å². The van der Waals surface area contributed by atoms with E-state index in [0.717, 1.165) is 17.6 Å². The van der Waals surface area contributed by atoms with Gasteiger partial charge < -0.3 is 4.74 Å². The fourth-order valence-corrected chi connectivity index (χ4v) is 3.81. The van der Waals surface area contributed by atoms with E-state index >= 15 is 0 Å². The molecule has 3 rings (SSSR count). The van der Waals surface area contributed by atoms with Gasteiger partial charge in [-0.1, -0.05) is 23.5 Å². The minimum Gasteiger partial charge on any atom is -0.478 e. The van der Waals surface area contributed by atoms with Gasteiger partial charge in [-0.2, -0.15) is 0 Å².